The van der Waals surface area contributed by atoms with Crippen molar-refractivity contribution in [3.8, 4) is 0 Å². The molecule has 9 nitrogen and oxygen atoms in total. The molecule has 1 heterocycles. The summed E-state index contributed by atoms with van der Waals surface area (Å²) in [6, 6.07) is 5.82. The molecular weight excluding hydrogens is 280 g/mol. The van der Waals surface area contributed by atoms with Crippen LogP contribution in [-0.4, -0.2) is 40.1 Å². The highest BCUT2D eigenvalue weighted by molar-refractivity contribution is 5.98. The third-order valence-electron chi connectivity index (χ3n) is 2.75. The lowest BCUT2D eigenvalue weighted by molar-refractivity contribution is -0.384. The van der Waals surface area contributed by atoms with Crippen molar-refractivity contribution in [3.63, 3.8) is 0 Å². The summed E-state index contributed by atoms with van der Waals surface area (Å²) in [4.78, 5) is 35.0. The van der Waals surface area contributed by atoms with Crippen LogP contribution in [0.3, 0.4) is 0 Å². The van der Waals surface area contributed by atoms with Crippen LogP contribution in [0.1, 0.15) is 10.5 Å². The largest absolute Gasteiger partial charge is 0.465 e. The number of non-ortho nitro benzene ring substituents is 1. The minimum atomic E-state index is -1.16. The minimum Gasteiger partial charge on any atom is -0.465 e. The molecule has 2 rings (SSSR count). The number of amides is 2. The van der Waals surface area contributed by atoms with Crippen LogP contribution >= 0.6 is 0 Å². The number of nitro groups is 1. The average Bonchev–Trinajstić information content (AvgIpc) is 2.85. The molecule has 0 radical (unpaired) electrons. The summed E-state index contributed by atoms with van der Waals surface area (Å²) in [5.74, 6) is -0.416. The van der Waals surface area contributed by atoms with E-state index in [0.717, 1.165) is 0 Å². The number of carbonyl (C=O) groups is 2. The van der Waals surface area contributed by atoms with Crippen molar-refractivity contribution < 1.29 is 19.6 Å². The number of carboxylic acid groups (broad SMARTS) is 1. The molecule has 110 valence electrons. The van der Waals surface area contributed by atoms with Gasteiger partial charge in [0.2, 0.25) is 0 Å². The Morgan fingerprint density at radius 3 is 2.62 bits per heavy atom. The Morgan fingerprint density at radius 1 is 1.24 bits per heavy atom. The molecule has 0 saturated carbocycles. The van der Waals surface area contributed by atoms with E-state index in [1.54, 1.807) is 12.1 Å². The lowest BCUT2D eigenvalue weighted by atomic mass is 10.2. The molecule has 0 spiro atoms. The van der Waals surface area contributed by atoms with Gasteiger partial charge in [-0.05, 0) is 12.1 Å². The molecule has 9 heteroatoms. The van der Waals surface area contributed by atoms with Gasteiger partial charge in [-0.15, -0.1) is 0 Å². The van der Waals surface area contributed by atoms with E-state index < -0.39 is 16.9 Å². The Kier molecular flexibility index (Phi) is 4.02. The van der Waals surface area contributed by atoms with Gasteiger partial charge >= 0.3 is 6.09 Å². The van der Waals surface area contributed by atoms with Gasteiger partial charge in [0.05, 0.1) is 10.4 Å². The monoisotopic (exact) mass is 292 g/mol. The highest BCUT2D eigenvalue weighted by Gasteiger charge is 2.12. The number of nitro benzene ring substituents is 1. The molecule has 2 amide bonds. The quantitative estimate of drug-likeness (QED) is 0.371. The van der Waals surface area contributed by atoms with Gasteiger partial charge in [0, 0.05) is 30.6 Å². The normalized spacial score (nSPS) is 10.3. The van der Waals surface area contributed by atoms with E-state index in [-0.39, 0.29) is 24.5 Å². The number of fused-ring (bicyclic) bond motifs is 1. The summed E-state index contributed by atoms with van der Waals surface area (Å²) >= 11 is 0. The zero-order valence-electron chi connectivity index (χ0n) is 10.8. The van der Waals surface area contributed by atoms with Gasteiger partial charge in [-0.1, -0.05) is 0 Å². The molecule has 0 fully saturated rings. The fraction of sp³-hybridized carbons (Fsp3) is 0.167. The van der Waals surface area contributed by atoms with Crippen LogP contribution in [0.15, 0.2) is 24.3 Å². The van der Waals surface area contributed by atoms with Crippen LogP contribution < -0.4 is 10.6 Å². The van der Waals surface area contributed by atoms with Crippen molar-refractivity contribution in [3.05, 3.63) is 40.1 Å². The van der Waals surface area contributed by atoms with Crippen LogP contribution in [0, 0.1) is 10.1 Å². The van der Waals surface area contributed by atoms with Gasteiger partial charge in [0.1, 0.15) is 5.69 Å². The first kappa shape index (κ1) is 14.3. The number of H-pyrrole nitrogens is 1. The van der Waals surface area contributed by atoms with Crippen LogP contribution in [-0.2, 0) is 0 Å². The van der Waals surface area contributed by atoms with Crippen molar-refractivity contribution in [2.75, 3.05) is 13.1 Å². The number of hydrogen-bond acceptors (Lipinski definition) is 4. The highest BCUT2D eigenvalue weighted by Crippen LogP contribution is 2.21. The number of nitrogens with zero attached hydrogens (tertiary/aromatic N) is 1. The van der Waals surface area contributed by atoms with Crippen molar-refractivity contribution in [1.29, 1.82) is 0 Å². The topological polar surface area (TPSA) is 137 Å². The zero-order valence-corrected chi connectivity index (χ0v) is 10.8. The fourth-order valence-corrected chi connectivity index (χ4v) is 1.79. The van der Waals surface area contributed by atoms with Crippen LogP contribution in [0.2, 0.25) is 0 Å². The van der Waals surface area contributed by atoms with E-state index >= 15 is 0 Å². The van der Waals surface area contributed by atoms with Gasteiger partial charge in [0.25, 0.3) is 11.6 Å². The highest BCUT2D eigenvalue weighted by atomic mass is 16.6. The van der Waals surface area contributed by atoms with Crippen molar-refractivity contribution in [2.45, 2.75) is 0 Å². The molecule has 0 atom stereocenters. The van der Waals surface area contributed by atoms with E-state index in [0.29, 0.717) is 10.9 Å². The zero-order chi connectivity index (χ0) is 15.4. The van der Waals surface area contributed by atoms with E-state index in [1.165, 1.54) is 12.1 Å². The number of aromatic amines is 1. The average molecular weight is 292 g/mol. The second kappa shape index (κ2) is 5.90. The Labute approximate surface area is 118 Å². The molecule has 0 aliphatic rings. The maximum absolute atomic E-state index is 11.8. The van der Waals surface area contributed by atoms with Crippen LogP contribution in [0.25, 0.3) is 10.9 Å². The Balaban J connectivity index is 2.06. The number of aromatic nitrogens is 1. The summed E-state index contributed by atoms with van der Waals surface area (Å²) in [7, 11) is 0. The lowest BCUT2D eigenvalue weighted by Gasteiger charge is -2.03. The van der Waals surface area contributed by atoms with E-state index in [2.05, 4.69) is 15.6 Å². The summed E-state index contributed by atoms with van der Waals surface area (Å²) in [6.45, 7) is 0.230. The predicted molar refractivity (Wildman–Crippen MR) is 73.3 cm³/mol. The number of benzene rings is 1. The molecule has 4 N–H and O–H groups in total. The van der Waals surface area contributed by atoms with Crippen molar-refractivity contribution in [2.24, 2.45) is 0 Å². The number of nitrogens with one attached hydrogen (secondary N) is 3. The minimum absolute atomic E-state index is 0.0676. The van der Waals surface area contributed by atoms with Gasteiger partial charge in [-0.25, -0.2) is 4.79 Å². The molecular formula is C12H12N4O5. The first-order chi connectivity index (χ1) is 9.97. The first-order valence-electron chi connectivity index (χ1n) is 5.99. The van der Waals surface area contributed by atoms with Crippen molar-refractivity contribution >= 4 is 28.6 Å². The third kappa shape index (κ3) is 3.47. The summed E-state index contributed by atoms with van der Waals surface area (Å²) in [6.07, 6.45) is -1.16. The summed E-state index contributed by atoms with van der Waals surface area (Å²) < 4.78 is 0. The fourth-order valence-electron chi connectivity index (χ4n) is 1.79. The predicted octanol–water partition coefficient (Wildman–Crippen LogP) is 1.07. The van der Waals surface area contributed by atoms with Gasteiger partial charge in [0.15, 0.2) is 0 Å². The SMILES string of the molecule is O=C(O)NCCNC(=O)c1cc2ccc([N+](=O)[O-])cc2[nH]1. The maximum Gasteiger partial charge on any atom is 0.404 e. The standard InChI is InChI=1S/C12H12N4O5/c17-11(13-3-4-14-12(18)19)10-5-7-1-2-8(16(20)21)6-9(7)15-10/h1-2,5-6,14-15H,3-4H2,(H,13,17)(H,18,19). The Hall–Kier alpha value is -3.10. The van der Waals surface area contributed by atoms with Gasteiger partial charge < -0.3 is 20.7 Å². The van der Waals surface area contributed by atoms with Crippen LogP contribution in [0.5, 0.6) is 0 Å². The summed E-state index contributed by atoms with van der Waals surface area (Å²) in [5, 5.41) is 24.4. The molecule has 0 aliphatic carbocycles. The molecule has 21 heavy (non-hydrogen) atoms. The van der Waals surface area contributed by atoms with Gasteiger partial charge in [-0.2, -0.15) is 0 Å². The molecule has 0 aliphatic heterocycles. The first-order valence-corrected chi connectivity index (χ1v) is 5.99. The molecule has 2 aromatic rings. The molecule has 0 unspecified atom stereocenters. The smallest absolute Gasteiger partial charge is 0.404 e. The van der Waals surface area contributed by atoms with E-state index in [4.69, 9.17) is 5.11 Å². The molecule has 0 saturated heterocycles. The molecule has 1 aromatic heterocycles. The van der Waals surface area contributed by atoms with Crippen molar-refractivity contribution in [1.82, 2.24) is 15.6 Å². The van der Waals surface area contributed by atoms with Gasteiger partial charge in [-0.3, -0.25) is 14.9 Å². The number of carbonyl (C=O) groups excluding carboxylic acids is 1. The maximum atomic E-state index is 11.8. The second-order valence-corrected chi connectivity index (χ2v) is 4.20. The van der Waals surface area contributed by atoms with Crippen LogP contribution in [0.4, 0.5) is 10.5 Å². The Bertz CT molecular complexity index is 709. The molecule has 0 bridgehead atoms. The number of rotatable bonds is 5. The van der Waals surface area contributed by atoms with E-state index in [9.17, 15) is 19.7 Å². The third-order valence-corrected chi connectivity index (χ3v) is 2.75. The second-order valence-electron chi connectivity index (χ2n) is 4.20. The lowest BCUT2D eigenvalue weighted by Crippen LogP contribution is -2.34. The summed E-state index contributed by atoms with van der Waals surface area (Å²) in [5.41, 5.74) is 0.667. The van der Waals surface area contributed by atoms with E-state index in [1.807, 2.05) is 0 Å². The Morgan fingerprint density at radius 2 is 1.95 bits per heavy atom. The number of hydrogen-bond donors (Lipinski definition) is 4. The molecule has 1 aromatic carbocycles.